The van der Waals surface area contributed by atoms with E-state index in [1.54, 1.807) is 0 Å². The highest BCUT2D eigenvalue weighted by Crippen LogP contribution is 2.29. The molecule has 1 N–H and O–H groups in total. The van der Waals surface area contributed by atoms with Gasteiger partial charge in [-0.15, -0.1) is 0 Å². The summed E-state index contributed by atoms with van der Waals surface area (Å²) < 4.78 is 5.66. The Balaban J connectivity index is 2.04. The molecule has 0 radical (unpaired) electrons. The zero-order valence-corrected chi connectivity index (χ0v) is 12.1. The maximum Gasteiger partial charge on any atom is 0.105 e. The van der Waals surface area contributed by atoms with Crippen LogP contribution in [-0.4, -0.2) is 31.6 Å². The van der Waals surface area contributed by atoms with E-state index in [1.807, 2.05) is 14.0 Å². The fourth-order valence-corrected chi connectivity index (χ4v) is 3.17. The molecule has 0 amide bonds. The van der Waals surface area contributed by atoms with Crippen LogP contribution >= 0.6 is 0 Å². The Kier molecular flexibility index (Phi) is 4.46. The largest absolute Gasteiger partial charge is 0.466 e. The molecule has 1 fully saturated rings. The molecule has 2 rings (SSSR count). The van der Waals surface area contributed by atoms with Crippen molar-refractivity contribution in [1.82, 2.24) is 10.2 Å². The SMILES string of the molecule is CNCC1CCCN(C(C)c2cc(C)oc2C)C1. The number of rotatable bonds is 4. The Bertz CT molecular complexity index is 384. The van der Waals surface area contributed by atoms with E-state index in [-0.39, 0.29) is 0 Å². The molecule has 2 unspecified atom stereocenters. The zero-order valence-electron chi connectivity index (χ0n) is 12.1. The fourth-order valence-electron chi connectivity index (χ4n) is 3.17. The van der Waals surface area contributed by atoms with Gasteiger partial charge in [0.1, 0.15) is 11.5 Å². The molecule has 3 nitrogen and oxygen atoms in total. The van der Waals surface area contributed by atoms with E-state index < -0.39 is 0 Å². The van der Waals surface area contributed by atoms with Gasteiger partial charge in [-0.2, -0.15) is 0 Å². The third-order valence-corrected chi connectivity index (χ3v) is 4.12. The molecule has 102 valence electrons. The standard InChI is InChI=1S/C15H26N2O/c1-11-8-15(13(3)18-11)12(2)17-7-5-6-14(10-17)9-16-4/h8,12,14,16H,5-7,9-10H2,1-4H3. The molecule has 0 saturated carbocycles. The van der Waals surface area contributed by atoms with Crippen LogP contribution in [0, 0.1) is 19.8 Å². The minimum atomic E-state index is 0.474. The number of nitrogens with zero attached hydrogens (tertiary/aromatic N) is 1. The van der Waals surface area contributed by atoms with Gasteiger partial charge in [-0.25, -0.2) is 0 Å². The summed E-state index contributed by atoms with van der Waals surface area (Å²) in [5.41, 5.74) is 1.36. The molecular formula is C15H26N2O. The van der Waals surface area contributed by atoms with E-state index in [1.165, 1.54) is 31.5 Å². The van der Waals surface area contributed by atoms with Gasteiger partial charge in [-0.3, -0.25) is 4.90 Å². The first kappa shape index (κ1) is 13.6. The van der Waals surface area contributed by atoms with E-state index >= 15 is 0 Å². The molecule has 1 aromatic rings. The molecule has 0 aliphatic carbocycles. The van der Waals surface area contributed by atoms with E-state index in [0.29, 0.717) is 6.04 Å². The Morgan fingerprint density at radius 1 is 1.50 bits per heavy atom. The van der Waals surface area contributed by atoms with Crippen molar-refractivity contribution >= 4 is 0 Å². The van der Waals surface area contributed by atoms with Gasteiger partial charge in [0.2, 0.25) is 0 Å². The Morgan fingerprint density at radius 2 is 2.28 bits per heavy atom. The van der Waals surface area contributed by atoms with Crippen LogP contribution in [0.2, 0.25) is 0 Å². The number of hydrogen-bond donors (Lipinski definition) is 1. The van der Waals surface area contributed by atoms with Crippen LogP contribution in [0.3, 0.4) is 0 Å². The van der Waals surface area contributed by atoms with Gasteiger partial charge in [0.15, 0.2) is 0 Å². The fraction of sp³-hybridized carbons (Fsp3) is 0.733. The molecule has 0 aromatic carbocycles. The number of likely N-dealkylation sites (tertiary alicyclic amines) is 1. The minimum absolute atomic E-state index is 0.474. The first-order valence-corrected chi connectivity index (χ1v) is 7.07. The Labute approximate surface area is 111 Å². The summed E-state index contributed by atoms with van der Waals surface area (Å²) in [4.78, 5) is 2.60. The Morgan fingerprint density at radius 3 is 2.89 bits per heavy atom. The molecule has 18 heavy (non-hydrogen) atoms. The van der Waals surface area contributed by atoms with Crippen LogP contribution in [-0.2, 0) is 0 Å². The summed E-state index contributed by atoms with van der Waals surface area (Å²) in [6.45, 7) is 9.96. The van der Waals surface area contributed by atoms with Gasteiger partial charge in [0.05, 0.1) is 0 Å². The van der Waals surface area contributed by atoms with E-state index in [4.69, 9.17) is 4.42 Å². The number of nitrogens with one attached hydrogen (secondary N) is 1. The maximum atomic E-state index is 5.66. The normalized spacial score (nSPS) is 23.2. The summed E-state index contributed by atoms with van der Waals surface area (Å²) in [7, 11) is 2.05. The van der Waals surface area contributed by atoms with Crippen LogP contribution in [0.5, 0.6) is 0 Å². The molecule has 0 spiro atoms. The van der Waals surface area contributed by atoms with Crippen molar-refractivity contribution in [2.45, 2.75) is 39.7 Å². The van der Waals surface area contributed by atoms with Crippen LogP contribution in [0.4, 0.5) is 0 Å². The van der Waals surface area contributed by atoms with Crippen molar-refractivity contribution in [3.05, 3.63) is 23.2 Å². The Hall–Kier alpha value is -0.800. The summed E-state index contributed by atoms with van der Waals surface area (Å²) in [6.07, 6.45) is 2.67. The summed E-state index contributed by atoms with van der Waals surface area (Å²) in [5.74, 6) is 2.90. The molecule has 2 heterocycles. The maximum absolute atomic E-state index is 5.66. The van der Waals surface area contributed by atoms with Crippen molar-refractivity contribution < 1.29 is 4.42 Å². The lowest BCUT2D eigenvalue weighted by molar-refractivity contribution is 0.130. The van der Waals surface area contributed by atoms with Crippen molar-refractivity contribution in [3.8, 4) is 0 Å². The van der Waals surface area contributed by atoms with Gasteiger partial charge in [0.25, 0.3) is 0 Å². The second-order valence-electron chi connectivity index (χ2n) is 5.61. The lowest BCUT2D eigenvalue weighted by Crippen LogP contribution is -2.40. The lowest BCUT2D eigenvalue weighted by atomic mass is 9.95. The number of aryl methyl sites for hydroxylation is 2. The van der Waals surface area contributed by atoms with E-state index in [0.717, 1.165) is 24.0 Å². The number of piperidine rings is 1. The number of hydrogen-bond acceptors (Lipinski definition) is 3. The van der Waals surface area contributed by atoms with Gasteiger partial charge in [-0.05, 0) is 65.7 Å². The lowest BCUT2D eigenvalue weighted by Gasteiger charge is -2.36. The molecule has 1 aliphatic rings. The molecule has 3 heteroatoms. The molecular weight excluding hydrogens is 224 g/mol. The van der Waals surface area contributed by atoms with Crippen molar-refractivity contribution in [2.24, 2.45) is 5.92 Å². The van der Waals surface area contributed by atoms with Crippen LogP contribution in [0.1, 0.15) is 42.9 Å². The predicted octanol–water partition coefficient (Wildman–Crippen LogP) is 2.89. The van der Waals surface area contributed by atoms with E-state index in [2.05, 4.69) is 30.1 Å². The van der Waals surface area contributed by atoms with Gasteiger partial charge >= 0.3 is 0 Å². The van der Waals surface area contributed by atoms with Crippen molar-refractivity contribution in [3.63, 3.8) is 0 Å². The predicted molar refractivity (Wildman–Crippen MR) is 74.8 cm³/mol. The van der Waals surface area contributed by atoms with Crippen LogP contribution < -0.4 is 5.32 Å². The molecule has 1 aliphatic heterocycles. The molecule has 1 aromatic heterocycles. The van der Waals surface area contributed by atoms with Crippen LogP contribution in [0.25, 0.3) is 0 Å². The summed E-state index contributed by atoms with van der Waals surface area (Å²) in [6, 6.07) is 2.67. The quantitative estimate of drug-likeness (QED) is 0.890. The highest BCUT2D eigenvalue weighted by molar-refractivity contribution is 5.23. The van der Waals surface area contributed by atoms with Gasteiger partial charge in [-0.1, -0.05) is 0 Å². The summed E-state index contributed by atoms with van der Waals surface area (Å²) >= 11 is 0. The van der Waals surface area contributed by atoms with Crippen molar-refractivity contribution in [2.75, 3.05) is 26.7 Å². The van der Waals surface area contributed by atoms with Gasteiger partial charge in [0, 0.05) is 18.2 Å². The van der Waals surface area contributed by atoms with Crippen molar-refractivity contribution in [1.29, 1.82) is 0 Å². The third kappa shape index (κ3) is 2.96. The topological polar surface area (TPSA) is 28.4 Å². The third-order valence-electron chi connectivity index (χ3n) is 4.12. The van der Waals surface area contributed by atoms with Crippen LogP contribution in [0.15, 0.2) is 10.5 Å². The second-order valence-corrected chi connectivity index (χ2v) is 5.61. The van der Waals surface area contributed by atoms with Gasteiger partial charge < -0.3 is 9.73 Å². The van der Waals surface area contributed by atoms with E-state index in [9.17, 15) is 0 Å². The highest BCUT2D eigenvalue weighted by atomic mass is 16.3. The zero-order chi connectivity index (χ0) is 13.1. The average molecular weight is 250 g/mol. The number of furan rings is 1. The monoisotopic (exact) mass is 250 g/mol. The first-order chi connectivity index (χ1) is 8.61. The minimum Gasteiger partial charge on any atom is -0.466 e. The summed E-state index contributed by atoms with van der Waals surface area (Å²) in [5, 5.41) is 3.31. The second kappa shape index (κ2) is 5.89. The highest BCUT2D eigenvalue weighted by Gasteiger charge is 2.25. The smallest absolute Gasteiger partial charge is 0.105 e. The molecule has 1 saturated heterocycles. The molecule has 2 atom stereocenters. The molecule has 0 bridgehead atoms. The first-order valence-electron chi connectivity index (χ1n) is 7.07. The average Bonchev–Trinajstić information content (AvgIpc) is 2.68.